The standard InChI is InChI=1S/C21H13ClN4O6/c1-12-8-14(25(28)29)2-5-17(12)20-7-4-16(32-20)9-13(11-23)21(27)24-19-6-3-15(26(30)31)10-18(19)22/h2-10H,1H3,(H,24,27)/b13-9+. The van der Waals surface area contributed by atoms with Gasteiger partial charge < -0.3 is 9.73 Å². The van der Waals surface area contributed by atoms with Gasteiger partial charge in [-0.15, -0.1) is 0 Å². The number of benzene rings is 2. The number of halogens is 1. The maximum atomic E-state index is 12.5. The van der Waals surface area contributed by atoms with Crippen molar-refractivity contribution in [3.8, 4) is 17.4 Å². The van der Waals surface area contributed by atoms with Gasteiger partial charge in [-0.25, -0.2) is 0 Å². The van der Waals surface area contributed by atoms with Crippen LogP contribution in [0.2, 0.25) is 5.02 Å². The summed E-state index contributed by atoms with van der Waals surface area (Å²) in [5.74, 6) is -0.174. The lowest BCUT2D eigenvalue weighted by molar-refractivity contribution is -0.385. The molecule has 3 aromatic rings. The SMILES string of the molecule is Cc1cc([N+](=O)[O-])ccc1-c1ccc(/C=C(\C#N)C(=O)Nc2ccc([N+](=O)[O-])cc2Cl)o1. The molecule has 10 nitrogen and oxygen atoms in total. The van der Waals surface area contributed by atoms with Crippen molar-refractivity contribution in [1.82, 2.24) is 0 Å². The minimum Gasteiger partial charge on any atom is -0.457 e. The molecule has 2 aromatic carbocycles. The largest absolute Gasteiger partial charge is 0.457 e. The molecular weight excluding hydrogens is 440 g/mol. The fraction of sp³-hybridized carbons (Fsp3) is 0.0476. The zero-order valence-corrected chi connectivity index (χ0v) is 17.1. The highest BCUT2D eigenvalue weighted by molar-refractivity contribution is 6.34. The molecule has 0 bridgehead atoms. The van der Waals surface area contributed by atoms with Gasteiger partial charge in [-0.3, -0.25) is 25.0 Å². The molecule has 1 aromatic heterocycles. The van der Waals surface area contributed by atoms with Crippen molar-refractivity contribution in [3.05, 3.63) is 90.7 Å². The summed E-state index contributed by atoms with van der Waals surface area (Å²) in [6.45, 7) is 1.70. The van der Waals surface area contributed by atoms with E-state index in [2.05, 4.69) is 5.32 Å². The van der Waals surface area contributed by atoms with E-state index in [0.717, 1.165) is 6.07 Å². The molecule has 0 spiro atoms. The summed E-state index contributed by atoms with van der Waals surface area (Å²) in [5.41, 5.74) is 0.761. The van der Waals surface area contributed by atoms with Crippen LogP contribution in [0, 0.1) is 38.5 Å². The number of anilines is 1. The quantitative estimate of drug-likeness (QED) is 0.231. The van der Waals surface area contributed by atoms with Crippen molar-refractivity contribution >= 4 is 40.6 Å². The van der Waals surface area contributed by atoms with E-state index in [1.807, 2.05) is 0 Å². The number of nitrogens with one attached hydrogen (secondary N) is 1. The first-order valence-corrected chi connectivity index (χ1v) is 9.29. The number of aryl methyl sites for hydroxylation is 1. The summed E-state index contributed by atoms with van der Waals surface area (Å²) in [5, 5.41) is 33.4. The first kappa shape index (κ1) is 22.2. The number of hydrogen-bond donors (Lipinski definition) is 1. The van der Waals surface area contributed by atoms with E-state index in [-0.39, 0.29) is 33.4 Å². The molecule has 160 valence electrons. The molecule has 3 rings (SSSR count). The molecule has 0 aliphatic heterocycles. The van der Waals surface area contributed by atoms with E-state index >= 15 is 0 Å². The van der Waals surface area contributed by atoms with Crippen LogP contribution in [-0.2, 0) is 4.79 Å². The molecule has 0 unspecified atom stereocenters. The van der Waals surface area contributed by atoms with Crippen molar-refractivity contribution < 1.29 is 19.1 Å². The number of non-ortho nitro benzene ring substituents is 2. The number of nitro benzene ring substituents is 2. The van der Waals surface area contributed by atoms with Crippen LogP contribution < -0.4 is 5.32 Å². The summed E-state index contributed by atoms with van der Waals surface area (Å²) >= 11 is 5.96. The summed E-state index contributed by atoms with van der Waals surface area (Å²) in [6.07, 6.45) is 1.22. The highest BCUT2D eigenvalue weighted by Gasteiger charge is 2.16. The van der Waals surface area contributed by atoms with Gasteiger partial charge in [-0.1, -0.05) is 11.6 Å². The van der Waals surface area contributed by atoms with E-state index < -0.39 is 15.8 Å². The van der Waals surface area contributed by atoms with Gasteiger partial charge in [0.05, 0.1) is 20.6 Å². The fourth-order valence-electron chi connectivity index (χ4n) is 2.81. The first-order valence-electron chi connectivity index (χ1n) is 8.92. The number of nitro groups is 2. The molecule has 0 fully saturated rings. The lowest BCUT2D eigenvalue weighted by atomic mass is 10.1. The lowest BCUT2D eigenvalue weighted by Gasteiger charge is -2.06. The van der Waals surface area contributed by atoms with Crippen LogP contribution in [0.3, 0.4) is 0 Å². The second-order valence-electron chi connectivity index (χ2n) is 6.50. The van der Waals surface area contributed by atoms with Gasteiger partial charge in [0, 0.05) is 35.9 Å². The summed E-state index contributed by atoms with van der Waals surface area (Å²) in [4.78, 5) is 33.0. The van der Waals surface area contributed by atoms with Crippen LogP contribution in [0.25, 0.3) is 17.4 Å². The average molecular weight is 453 g/mol. The summed E-state index contributed by atoms with van der Waals surface area (Å²) < 4.78 is 5.67. The molecule has 0 atom stereocenters. The number of amides is 1. The van der Waals surface area contributed by atoms with E-state index in [9.17, 15) is 30.3 Å². The van der Waals surface area contributed by atoms with Crippen LogP contribution in [0.5, 0.6) is 0 Å². The van der Waals surface area contributed by atoms with Crippen LogP contribution in [0.15, 0.2) is 58.5 Å². The second kappa shape index (κ2) is 9.11. The number of hydrogen-bond acceptors (Lipinski definition) is 7. The summed E-state index contributed by atoms with van der Waals surface area (Å²) in [7, 11) is 0. The van der Waals surface area contributed by atoms with Gasteiger partial charge in [0.25, 0.3) is 17.3 Å². The Balaban J connectivity index is 1.82. The zero-order chi connectivity index (χ0) is 23.4. The van der Waals surface area contributed by atoms with Crippen LogP contribution in [-0.4, -0.2) is 15.8 Å². The minimum atomic E-state index is -0.785. The third-order valence-electron chi connectivity index (χ3n) is 4.38. The lowest BCUT2D eigenvalue weighted by Crippen LogP contribution is -2.13. The van der Waals surface area contributed by atoms with Crippen molar-refractivity contribution in [2.45, 2.75) is 6.92 Å². The van der Waals surface area contributed by atoms with Crippen molar-refractivity contribution in [1.29, 1.82) is 5.26 Å². The normalized spacial score (nSPS) is 11.0. The molecule has 0 saturated carbocycles. The van der Waals surface area contributed by atoms with Crippen LogP contribution >= 0.6 is 11.6 Å². The number of carbonyl (C=O) groups excluding carboxylic acids is 1. The smallest absolute Gasteiger partial charge is 0.271 e. The Morgan fingerprint density at radius 1 is 1.09 bits per heavy atom. The Hall–Kier alpha value is -4.49. The third-order valence-corrected chi connectivity index (χ3v) is 4.69. The Morgan fingerprint density at radius 2 is 1.75 bits per heavy atom. The Kier molecular flexibility index (Phi) is 6.32. The number of carbonyl (C=O) groups is 1. The Labute approximate surface area is 185 Å². The molecule has 11 heteroatoms. The zero-order valence-electron chi connectivity index (χ0n) is 16.4. The number of rotatable bonds is 6. The van der Waals surface area contributed by atoms with E-state index in [0.29, 0.717) is 16.9 Å². The molecule has 1 amide bonds. The van der Waals surface area contributed by atoms with Gasteiger partial charge in [0.1, 0.15) is 23.2 Å². The van der Waals surface area contributed by atoms with Crippen molar-refractivity contribution in [3.63, 3.8) is 0 Å². The van der Waals surface area contributed by atoms with E-state index in [1.54, 1.807) is 31.2 Å². The third kappa shape index (κ3) is 4.80. The van der Waals surface area contributed by atoms with Gasteiger partial charge in [0.2, 0.25) is 0 Å². The Bertz CT molecular complexity index is 1320. The number of nitriles is 1. The minimum absolute atomic E-state index is 0.0498. The number of nitrogens with zero attached hydrogens (tertiary/aromatic N) is 3. The van der Waals surface area contributed by atoms with Crippen molar-refractivity contribution in [2.24, 2.45) is 0 Å². The first-order chi connectivity index (χ1) is 15.2. The molecule has 0 aliphatic rings. The fourth-order valence-corrected chi connectivity index (χ4v) is 3.03. The predicted octanol–water partition coefficient (Wildman–Crippen LogP) is 5.27. The van der Waals surface area contributed by atoms with Crippen LogP contribution in [0.1, 0.15) is 11.3 Å². The summed E-state index contributed by atoms with van der Waals surface area (Å²) in [6, 6.07) is 12.7. The number of furan rings is 1. The van der Waals surface area contributed by atoms with Gasteiger partial charge in [-0.05, 0) is 36.8 Å². The Morgan fingerprint density at radius 3 is 2.34 bits per heavy atom. The van der Waals surface area contributed by atoms with Gasteiger partial charge >= 0.3 is 0 Å². The molecule has 0 saturated heterocycles. The van der Waals surface area contributed by atoms with E-state index in [4.69, 9.17) is 16.0 Å². The van der Waals surface area contributed by atoms with Gasteiger partial charge in [0.15, 0.2) is 0 Å². The maximum Gasteiger partial charge on any atom is 0.271 e. The topological polar surface area (TPSA) is 152 Å². The second-order valence-corrected chi connectivity index (χ2v) is 6.91. The molecule has 0 radical (unpaired) electrons. The van der Waals surface area contributed by atoms with Gasteiger partial charge in [-0.2, -0.15) is 5.26 Å². The molecule has 32 heavy (non-hydrogen) atoms. The molecule has 1 N–H and O–H groups in total. The van der Waals surface area contributed by atoms with Crippen molar-refractivity contribution in [2.75, 3.05) is 5.32 Å². The molecule has 0 aliphatic carbocycles. The van der Waals surface area contributed by atoms with Crippen LogP contribution in [0.4, 0.5) is 17.1 Å². The molecule has 1 heterocycles. The molecular formula is C21H13ClN4O6. The highest BCUT2D eigenvalue weighted by Crippen LogP contribution is 2.30. The maximum absolute atomic E-state index is 12.5. The highest BCUT2D eigenvalue weighted by atomic mass is 35.5. The predicted molar refractivity (Wildman–Crippen MR) is 116 cm³/mol. The monoisotopic (exact) mass is 452 g/mol. The van der Waals surface area contributed by atoms with E-state index in [1.165, 1.54) is 30.3 Å². The average Bonchev–Trinajstić information content (AvgIpc) is 3.21.